The molecule has 1 aliphatic heterocycles. The average Bonchev–Trinajstić information content (AvgIpc) is 3.28. The van der Waals surface area contributed by atoms with Crippen molar-refractivity contribution in [2.45, 2.75) is 43.5 Å². The third-order valence-corrected chi connectivity index (χ3v) is 9.39. The van der Waals surface area contributed by atoms with Gasteiger partial charge in [-0.3, -0.25) is 9.69 Å². The van der Waals surface area contributed by atoms with Crippen LogP contribution in [0.3, 0.4) is 0 Å². The number of benzene rings is 2. The number of hydrogen-bond acceptors (Lipinski definition) is 6. The molecule has 1 aliphatic rings. The number of nitrogens with zero attached hydrogens (tertiary/aromatic N) is 4. The molecule has 3 aromatic rings. The van der Waals surface area contributed by atoms with E-state index in [1.807, 2.05) is 25.9 Å². The zero-order chi connectivity index (χ0) is 26.0. The Balaban J connectivity index is 1.64. The van der Waals surface area contributed by atoms with Crippen LogP contribution < -0.4 is 4.90 Å². The van der Waals surface area contributed by atoms with Gasteiger partial charge in [0.15, 0.2) is 10.9 Å². The molecular weight excluding hydrogens is 506 g/mol. The van der Waals surface area contributed by atoms with Crippen LogP contribution in [0.25, 0.3) is 10.2 Å². The summed E-state index contributed by atoms with van der Waals surface area (Å²) in [5.74, 6) is -1.90. The van der Waals surface area contributed by atoms with Crippen LogP contribution in [0.15, 0.2) is 41.3 Å². The molecule has 1 fully saturated rings. The Bertz CT molecular complexity index is 1340. The number of likely N-dealkylation sites (N-methyl/N-ethyl adjacent to an activating group) is 1. The molecule has 1 aromatic heterocycles. The minimum Gasteiger partial charge on any atom is -0.308 e. The van der Waals surface area contributed by atoms with Crippen LogP contribution in [0.4, 0.5) is 13.9 Å². The fraction of sp³-hybridized carbons (Fsp3) is 0.440. The van der Waals surface area contributed by atoms with Crippen molar-refractivity contribution in [1.29, 1.82) is 0 Å². The highest BCUT2D eigenvalue weighted by molar-refractivity contribution is 7.89. The Kier molecular flexibility index (Phi) is 8.03. The highest BCUT2D eigenvalue weighted by Gasteiger charge is 2.32. The number of sulfonamides is 1. The van der Waals surface area contributed by atoms with Crippen molar-refractivity contribution >= 4 is 42.6 Å². The summed E-state index contributed by atoms with van der Waals surface area (Å²) in [5, 5.41) is 0.247. The number of carbonyl (C=O) groups excluding carboxylic acids is 1. The molecule has 2 heterocycles. The number of piperidine rings is 1. The Labute approximate surface area is 214 Å². The molecule has 11 heteroatoms. The van der Waals surface area contributed by atoms with Gasteiger partial charge in [0, 0.05) is 37.3 Å². The Morgan fingerprint density at radius 1 is 1.14 bits per heavy atom. The summed E-state index contributed by atoms with van der Waals surface area (Å²) in [6, 6.07) is 7.85. The van der Waals surface area contributed by atoms with Crippen molar-refractivity contribution in [2.24, 2.45) is 0 Å². The zero-order valence-electron chi connectivity index (χ0n) is 20.6. The van der Waals surface area contributed by atoms with Crippen molar-refractivity contribution in [3.8, 4) is 0 Å². The van der Waals surface area contributed by atoms with Gasteiger partial charge in [0.2, 0.25) is 10.0 Å². The Hall–Kier alpha value is -2.47. The summed E-state index contributed by atoms with van der Waals surface area (Å²) in [5.41, 5.74) is 0.289. The fourth-order valence-electron chi connectivity index (χ4n) is 4.40. The molecular formula is C25H30F2N4O3S2. The van der Waals surface area contributed by atoms with Crippen LogP contribution in [0, 0.1) is 11.6 Å². The zero-order valence-corrected chi connectivity index (χ0v) is 22.2. The maximum absolute atomic E-state index is 14.3. The Morgan fingerprint density at radius 3 is 2.53 bits per heavy atom. The van der Waals surface area contributed by atoms with Gasteiger partial charge >= 0.3 is 0 Å². The lowest BCUT2D eigenvalue weighted by molar-refractivity contribution is 0.0985. The fourth-order valence-corrected chi connectivity index (χ4v) is 7.20. The monoisotopic (exact) mass is 536 g/mol. The lowest BCUT2D eigenvalue weighted by Crippen LogP contribution is -2.43. The standard InChI is InChI=1S/C25H30F2N4O3S2/c1-4-19-7-5-6-12-31(19)36(33,34)20-10-8-17(9-11-20)24(32)30(14-13-29(2)3)25-28-23-21(27)15-18(26)16-22(23)35-25/h8-11,15-16,19H,4-7,12-14H2,1-3H3. The number of anilines is 1. The molecule has 1 unspecified atom stereocenters. The highest BCUT2D eigenvalue weighted by atomic mass is 32.2. The van der Waals surface area contributed by atoms with Crippen molar-refractivity contribution in [1.82, 2.24) is 14.2 Å². The van der Waals surface area contributed by atoms with E-state index in [4.69, 9.17) is 0 Å². The van der Waals surface area contributed by atoms with Gasteiger partial charge in [0.25, 0.3) is 5.91 Å². The van der Waals surface area contributed by atoms with Crippen LogP contribution >= 0.6 is 11.3 Å². The maximum Gasteiger partial charge on any atom is 0.260 e. The van der Waals surface area contributed by atoms with Crippen molar-refractivity contribution in [2.75, 3.05) is 38.6 Å². The van der Waals surface area contributed by atoms with Gasteiger partial charge in [-0.25, -0.2) is 22.2 Å². The normalized spacial score (nSPS) is 17.1. The van der Waals surface area contributed by atoms with E-state index in [2.05, 4.69) is 4.98 Å². The summed E-state index contributed by atoms with van der Waals surface area (Å²) in [4.78, 5) is 21.2. The number of thiazole rings is 1. The lowest BCUT2D eigenvalue weighted by Gasteiger charge is -2.34. The number of hydrogen-bond donors (Lipinski definition) is 0. The molecule has 1 amide bonds. The second-order valence-corrected chi connectivity index (χ2v) is 12.1. The van der Waals surface area contributed by atoms with Crippen molar-refractivity contribution < 1.29 is 22.0 Å². The third kappa shape index (κ3) is 5.44. The highest BCUT2D eigenvalue weighted by Crippen LogP contribution is 2.32. The van der Waals surface area contributed by atoms with E-state index in [0.29, 0.717) is 17.8 Å². The molecule has 36 heavy (non-hydrogen) atoms. The number of rotatable bonds is 8. The molecule has 194 valence electrons. The maximum atomic E-state index is 14.3. The molecule has 2 aromatic carbocycles. The van der Waals surface area contributed by atoms with E-state index in [0.717, 1.165) is 43.1 Å². The molecule has 1 atom stereocenters. The number of halogens is 2. The summed E-state index contributed by atoms with van der Waals surface area (Å²) in [7, 11) is 0.0504. The third-order valence-electron chi connectivity index (χ3n) is 6.40. The first-order valence-corrected chi connectivity index (χ1v) is 14.2. The van der Waals surface area contributed by atoms with Gasteiger partial charge in [-0.05, 0) is 63.7 Å². The molecule has 4 rings (SSSR count). The summed E-state index contributed by atoms with van der Waals surface area (Å²) >= 11 is 1.03. The molecule has 7 nitrogen and oxygen atoms in total. The smallest absolute Gasteiger partial charge is 0.260 e. The first-order chi connectivity index (χ1) is 17.1. The molecule has 0 radical (unpaired) electrons. The van der Waals surface area contributed by atoms with Gasteiger partial charge < -0.3 is 4.90 Å². The van der Waals surface area contributed by atoms with Crippen LogP contribution in [0.2, 0.25) is 0 Å². The molecule has 0 spiro atoms. The van der Waals surface area contributed by atoms with E-state index in [-0.39, 0.29) is 33.7 Å². The number of carbonyl (C=O) groups is 1. The quantitative estimate of drug-likeness (QED) is 0.416. The number of aromatic nitrogens is 1. The van der Waals surface area contributed by atoms with Crippen LogP contribution in [-0.4, -0.2) is 68.3 Å². The largest absolute Gasteiger partial charge is 0.308 e. The van der Waals surface area contributed by atoms with Crippen molar-refractivity contribution in [3.05, 3.63) is 53.6 Å². The van der Waals surface area contributed by atoms with E-state index < -0.39 is 27.6 Å². The minimum absolute atomic E-state index is 0.00695. The van der Waals surface area contributed by atoms with Crippen LogP contribution in [-0.2, 0) is 10.0 Å². The SMILES string of the molecule is CCC1CCCCN1S(=O)(=O)c1ccc(C(=O)N(CCN(C)C)c2nc3c(F)cc(F)cc3s2)cc1. The minimum atomic E-state index is -3.67. The summed E-state index contributed by atoms with van der Waals surface area (Å²) < 4.78 is 56.4. The molecule has 1 saturated heterocycles. The Morgan fingerprint density at radius 2 is 1.86 bits per heavy atom. The van der Waals surface area contributed by atoms with Crippen LogP contribution in [0.1, 0.15) is 43.0 Å². The predicted molar refractivity (Wildman–Crippen MR) is 138 cm³/mol. The van der Waals surface area contributed by atoms with Gasteiger partial charge in [0.1, 0.15) is 11.3 Å². The van der Waals surface area contributed by atoms with Gasteiger partial charge in [-0.15, -0.1) is 0 Å². The predicted octanol–water partition coefficient (Wildman–Crippen LogP) is 4.74. The first kappa shape index (κ1) is 26.6. The second kappa shape index (κ2) is 10.9. The van der Waals surface area contributed by atoms with Gasteiger partial charge in [-0.1, -0.05) is 24.7 Å². The first-order valence-electron chi connectivity index (χ1n) is 12.0. The number of amides is 1. The van der Waals surface area contributed by atoms with Gasteiger partial charge in [-0.2, -0.15) is 4.31 Å². The van der Waals surface area contributed by atoms with E-state index in [1.54, 1.807) is 4.31 Å². The summed E-state index contributed by atoms with van der Waals surface area (Å²) in [6.07, 6.45) is 3.45. The van der Waals surface area contributed by atoms with Gasteiger partial charge in [0.05, 0.1) is 9.60 Å². The molecule has 0 aliphatic carbocycles. The molecule has 0 N–H and O–H groups in total. The van der Waals surface area contributed by atoms with E-state index in [9.17, 15) is 22.0 Å². The van der Waals surface area contributed by atoms with Crippen LogP contribution in [0.5, 0.6) is 0 Å². The number of fused-ring (bicyclic) bond motifs is 1. The van der Waals surface area contributed by atoms with Crippen molar-refractivity contribution in [3.63, 3.8) is 0 Å². The molecule has 0 saturated carbocycles. The van der Waals surface area contributed by atoms with E-state index in [1.165, 1.54) is 35.2 Å². The molecule has 0 bridgehead atoms. The second-order valence-electron chi connectivity index (χ2n) is 9.19. The average molecular weight is 537 g/mol. The summed E-state index contributed by atoms with van der Waals surface area (Å²) in [6.45, 7) is 3.26. The van der Waals surface area contributed by atoms with E-state index >= 15 is 0 Å². The topological polar surface area (TPSA) is 73.8 Å². The lowest BCUT2D eigenvalue weighted by atomic mass is 10.0.